The summed E-state index contributed by atoms with van der Waals surface area (Å²) in [5.41, 5.74) is 0.951. The Morgan fingerprint density at radius 1 is 0.974 bits per heavy atom. The van der Waals surface area contributed by atoms with Crippen LogP contribution in [0.15, 0.2) is 36.4 Å². The summed E-state index contributed by atoms with van der Waals surface area (Å²) in [4.78, 5) is 28.0. The first-order valence-corrected chi connectivity index (χ1v) is 15.5. The maximum atomic E-state index is 13.5. The molecule has 0 unspecified atom stereocenters. The maximum absolute atomic E-state index is 13.5. The van der Waals surface area contributed by atoms with Gasteiger partial charge >= 0.3 is 0 Å². The summed E-state index contributed by atoms with van der Waals surface area (Å²) >= 11 is 24.5. The number of nitrogens with zero attached hydrogens (tertiary/aromatic N) is 2. The number of carbonyl (C=O) groups is 2. The van der Waals surface area contributed by atoms with Crippen molar-refractivity contribution in [2.24, 2.45) is 5.92 Å². The molecule has 12 heteroatoms. The van der Waals surface area contributed by atoms with E-state index >= 15 is 0 Å². The third-order valence-corrected chi connectivity index (χ3v) is 8.21. The molecule has 0 radical (unpaired) electrons. The largest absolute Gasteiger partial charge is 0.354 e. The number of halogens is 4. The van der Waals surface area contributed by atoms with Crippen LogP contribution in [-0.4, -0.2) is 50.5 Å². The second-order valence-corrected chi connectivity index (χ2v) is 12.9. The van der Waals surface area contributed by atoms with E-state index in [0.29, 0.717) is 33.6 Å². The maximum Gasteiger partial charge on any atom is 0.242 e. The summed E-state index contributed by atoms with van der Waals surface area (Å²) in [7, 11) is -3.71. The van der Waals surface area contributed by atoms with Crippen LogP contribution in [0, 0.1) is 5.92 Å². The third kappa shape index (κ3) is 9.49. The summed E-state index contributed by atoms with van der Waals surface area (Å²) in [5, 5.41) is 4.19. The standard InChI is InChI=1S/C26H33Cl4N3O4S/c1-5-23(26(35)31-15-17(2)3)32(16-18-8-10-20(28)22(30)13-18)25(34)7-6-12-33(38(4,36)37)24-14-19(27)9-11-21(24)29/h8-11,13-14,17,23H,5-7,12,15-16H2,1-4H3,(H,31,35)/t23-/m0/s1. The summed E-state index contributed by atoms with van der Waals surface area (Å²) in [6, 6.07) is 8.88. The topological polar surface area (TPSA) is 86.8 Å². The monoisotopic (exact) mass is 623 g/mol. The Kier molecular flexibility index (Phi) is 12.5. The van der Waals surface area contributed by atoms with E-state index in [2.05, 4.69) is 5.32 Å². The van der Waals surface area contributed by atoms with Gasteiger partial charge in [-0.3, -0.25) is 13.9 Å². The smallest absolute Gasteiger partial charge is 0.242 e. The molecule has 0 aliphatic rings. The number of benzene rings is 2. The zero-order valence-corrected chi connectivity index (χ0v) is 25.6. The lowest BCUT2D eigenvalue weighted by atomic mass is 10.1. The van der Waals surface area contributed by atoms with Gasteiger partial charge in [-0.15, -0.1) is 0 Å². The molecule has 0 saturated carbocycles. The van der Waals surface area contributed by atoms with Crippen molar-refractivity contribution in [2.45, 2.75) is 52.6 Å². The first-order chi connectivity index (χ1) is 17.7. The molecule has 2 aromatic carbocycles. The summed E-state index contributed by atoms with van der Waals surface area (Å²) in [6.07, 6.45) is 1.65. The molecule has 0 bridgehead atoms. The summed E-state index contributed by atoms with van der Waals surface area (Å²) < 4.78 is 26.2. The molecule has 1 N–H and O–H groups in total. The molecule has 0 aromatic heterocycles. The normalized spacial score (nSPS) is 12.3. The number of hydrogen-bond acceptors (Lipinski definition) is 4. The summed E-state index contributed by atoms with van der Waals surface area (Å²) in [5.74, 6) is -0.303. The fourth-order valence-electron chi connectivity index (χ4n) is 3.84. The lowest BCUT2D eigenvalue weighted by Gasteiger charge is -2.31. The van der Waals surface area contributed by atoms with Crippen LogP contribution in [0.25, 0.3) is 0 Å². The first-order valence-electron chi connectivity index (χ1n) is 12.2. The van der Waals surface area contributed by atoms with E-state index in [9.17, 15) is 18.0 Å². The van der Waals surface area contributed by atoms with Crippen molar-refractivity contribution >= 4 is 73.9 Å². The van der Waals surface area contributed by atoms with E-state index in [0.717, 1.165) is 10.6 Å². The third-order valence-electron chi connectivity index (χ3n) is 5.74. The Bertz CT molecular complexity index is 1240. The highest BCUT2D eigenvalue weighted by Crippen LogP contribution is 2.31. The number of amides is 2. The molecule has 0 heterocycles. The van der Waals surface area contributed by atoms with Crippen LogP contribution in [0.3, 0.4) is 0 Å². The average Bonchev–Trinajstić information content (AvgIpc) is 2.83. The van der Waals surface area contributed by atoms with Crippen LogP contribution in [0.1, 0.15) is 45.6 Å². The number of carbonyl (C=O) groups excluding carboxylic acids is 2. The number of anilines is 1. The number of hydrogen-bond donors (Lipinski definition) is 1. The highest BCUT2D eigenvalue weighted by atomic mass is 35.5. The molecule has 1 atom stereocenters. The molecule has 2 rings (SSSR count). The minimum Gasteiger partial charge on any atom is -0.354 e. The highest BCUT2D eigenvalue weighted by molar-refractivity contribution is 7.92. The first kappa shape index (κ1) is 32.5. The van der Waals surface area contributed by atoms with E-state index in [1.54, 1.807) is 24.3 Å². The number of sulfonamides is 1. The van der Waals surface area contributed by atoms with Crippen molar-refractivity contribution in [2.75, 3.05) is 23.7 Å². The van der Waals surface area contributed by atoms with Crippen LogP contribution in [-0.2, 0) is 26.2 Å². The van der Waals surface area contributed by atoms with Crippen molar-refractivity contribution in [1.82, 2.24) is 10.2 Å². The molecule has 7 nitrogen and oxygen atoms in total. The second kappa shape index (κ2) is 14.6. The molecule has 2 aromatic rings. The lowest BCUT2D eigenvalue weighted by molar-refractivity contribution is -0.141. The zero-order chi connectivity index (χ0) is 28.6. The van der Waals surface area contributed by atoms with Crippen LogP contribution in [0.2, 0.25) is 20.1 Å². The second-order valence-electron chi connectivity index (χ2n) is 9.37. The van der Waals surface area contributed by atoms with Crippen molar-refractivity contribution in [3.05, 3.63) is 62.1 Å². The zero-order valence-electron chi connectivity index (χ0n) is 21.8. The number of rotatable bonds is 13. The number of nitrogens with one attached hydrogen (secondary N) is 1. The van der Waals surface area contributed by atoms with Crippen LogP contribution < -0.4 is 9.62 Å². The average molecular weight is 625 g/mol. The van der Waals surface area contributed by atoms with E-state index < -0.39 is 16.1 Å². The molecule has 0 aliphatic heterocycles. The van der Waals surface area contributed by atoms with E-state index in [1.807, 2.05) is 20.8 Å². The fraction of sp³-hybridized carbons (Fsp3) is 0.462. The van der Waals surface area contributed by atoms with E-state index in [1.165, 1.54) is 17.0 Å². The highest BCUT2D eigenvalue weighted by Gasteiger charge is 2.29. The van der Waals surface area contributed by atoms with Gasteiger partial charge in [-0.2, -0.15) is 0 Å². The van der Waals surface area contributed by atoms with Crippen molar-refractivity contribution in [3.8, 4) is 0 Å². The molecular weight excluding hydrogens is 592 g/mol. The minimum absolute atomic E-state index is 0.000509. The van der Waals surface area contributed by atoms with Gasteiger partial charge in [0.25, 0.3) is 0 Å². The molecule has 0 spiro atoms. The minimum atomic E-state index is -3.71. The van der Waals surface area contributed by atoms with Gasteiger partial charge < -0.3 is 10.2 Å². The predicted octanol–water partition coefficient (Wildman–Crippen LogP) is 6.43. The SMILES string of the molecule is CC[C@@H](C(=O)NCC(C)C)N(Cc1ccc(Cl)c(Cl)c1)C(=O)CCCN(c1cc(Cl)ccc1Cl)S(C)(=O)=O. The molecule has 2 amide bonds. The quantitative estimate of drug-likeness (QED) is 0.278. The van der Waals surface area contributed by atoms with Gasteiger partial charge in [0.2, 0.25) is 21.8 Å². The van der Waals surface area contributed by atoms with Crippen LogP contribution >= 0.6 is 46.4 Å². The molecule has 210 valence electrons. The Labute approximate surface area is 245 Å². The molecule has 0 saturated heterocycles. The van der Waals surface area contributed by atoms with Gasteiger partial charge in [0.1, 0.15) is 6.04 Å². The van der Waals surface area contributed by atoms with Gasteiger partial charge in [-0.05, 0) is 54.7 Å². The molecule has 0 fully saturated rings. The van der Waals surface area contributed by atoms with Gasteiger partial charge in [-0.25, -0.2) is 8.42 Å². The van der Waals surface area contributed by atoms with Gasteiger partial charge in [-0.1, -0.05) is 73.2 Å². The Morgan fingerprint density at radius 3 is 2.21 bits per heavy atom. The molecule has 38 heavy (non-hydrogen) atoms. The molecule has 0 aliphatic carbocycles. The van der Waals surface area contributed by atoms with Gasteiger partial charge in [0, 0.05) is 31.1 Å². The van der Waals surface area contributed by atoms with Crippen LogP contribution in [0.4, 0.5) is 5.69 Å². The van der Waals surface area contributed by atoms with Gasteiger partial charge in [0.05, 0.1) is 27.0 Å². The summed E-state index contributed by atoms with van der Waals surface area (Å²) in [6.45, 7) is 6.43. The van der Waals surface area contributed by atoms with Crippen molar-refractivity contribution in [1.29, 1.82) is 0 Å². The van der Waals surface area contributed by atoms with Crippen molar-refractivity contribution in [3.63, 3.8) is 0 Å². The van der Waals surface area contributed by atoms with E-state index in [-0.39, 0.29) is 54.4 Å². The predicted molar refractivity (Wildman–Crippen MR) is 157 cm³/mol. The Hall–Kier alpha value is -1.71. The van der Waals surface area contributed by atoms with Gasteiger partial charge in [0.15, 0.2) is 0 Å². The molecular formula is C26H33Cl4N3O4S. The van der Waals surface area contributed by atoms with E-state index in [4.69, 9.17) is 46.4 Å². The Morgan fingerprint density at radius 2 is 1.63 bits per heavy atom. The van der Waals surface area contributed by atoms with Crippen LogP contribution in [0.5, 0.6) is 0 Å². The Balaban J connectivity index is 2.27. The fourth-order valence-corrected chi connectivity index (χ4v) is 5.56. The van der Waals surface area contributed by atoms with Crippen molar-refractivity contribution < 1.29 is 18.0 Å². The lowest BCUT2D eigenvalue weighted by Crippen LogP contribution is -2.49.